The Kier molecular flexibility index (Phi) is 9.01. The molecular formula is C29H41N3O4. The normalized spacial score (nSPS) is 16.2. The maximum atomic E-state index is 12.9. The number of hydrogen-bond acceptors (Lipinski definition) is 4. The Morgan fingerprint density at radius 3 is 2.33 bits per heavy atom. The molecule has 1 saturated carbocycles. The predicted molar refractivity (Wildman–Crippen MR) is 145 cm³/mol. The van der Waals surface area contributed by atoms with Crippen LogP contribution in [0.15, 0.2) is 42.5 Å². The van der Waals surface area contributed by atoms with Gasteiger partial charge in [0.25, 0.3) is 0 Å². The molecule has 7 heteroatoms. The summed E-state index contributed by atoms with van der Waals surface area (Å²) in [5.41, 5.74) is 8.58. The van der Waals surface area contributed by atoms with Crippen molar-refractivity contribution in [1.29, 1.82) is 0 Å². The maximum absolute atomic E-state index is 12.9. The lowest BCUT2D eigenvalue weighted by Gasteiger charge is -2.40. The molecule has 3 rings (SSSR count). The highest BCUT2D eigenvalue weighted by Gasteiger charge is 2.36. The van der Waals surface area contributed by atoms with E-state index in [2.05, 4.69) is 5.32 Å². The van der Waals surface area contributed by atoms with Gasteiger partial charge in [0.05, 0.1) is 35.1 Å². The number of aliphatic carboxylic acids is 1. The second kappa shape index (κ2) is 11.8. The third-order valence-electron chi connectivity index (χ3n) is 7.42. The number of carbonyl (C=O) groups excluding carboxylic acids is 1. The number of rotatable bonds is 10. The first-order valence-electron chi connectivity index (χ1n) is 13.0. The largest absolute Gasteiger partial charge is 0.481 e. The zero-order chi connectivity index (χ0) is 26.5. The van der Waals surface area contributed by atoms with Crippen molar-refractivity contribution in [2.75, 3.05) is 10.2 Å². The number of anilines is 3. The summed E-state index contributed by atoms with van der Waals surface area (Å²) in [6.45, 7) is 7.52. The molecule has 5 N–H and O–H groups in total. The average Bonchev–Trinajstić information content (AvgIpc) is 2.82. The van der Waals surface area contributed by atoms with E-state index in [-0.39, 0.29) is 18.4 Å². The number of carbonyl (C=O) groups is 2. The highest BCUT2D eigenvalue weighted by atomic mass is 16.4. The molecule has 7 nitrogen and oxygen atoms in total. The topological polar surface area (TPSA) is 116 Å². The molecule has 0 saturated heterocycles. The van der Waals surface area contributed by atoms with Gasteiger partial charge in [-0.3, -0.25) is 9.69 Å². The van der Waals surface area contributed by atoms with Gasteiger partial charge in [-0.15, -0.1) is 0 Å². The molecule has 0 bridgehead atoms. The summed E-state index contributed by atoms with van der Waals surface area (Å²) in [6.07, 6.45) is 6.18. The summed E-state index contributed by atoms with van der Waals surface area (Å²) >= 11 is 0. The molecule has 0 unspecified atom stereocenters. The Labute approximate surface area is 214 Å². The van der Waals surface area contributed by atoms with Crippen molar-refractivity contribution >= 4 is 29.1 Å². The smallest absolute Gasteiger partial charge is 0.323 e. The van der Waals surface area contributed by atoms with Crippen LogP contribution in [0.2, 0.25) is 0 Å². The number of aryl methyl sites for hydroxylation is 1. The number of nitrogens with zero attached hydrogens (tertiary/aromatic N) is 1. The van der Waals surface area contributed by atoms with E-state index in [0.717, 1.165) is 36.8 Å². The van der Waals surface area contributed by atoms with E-state index in [4.69, 9.17) is 5.73 Å². The highest BCUT2D eigenvalue weighted by molar-refractivity contribution is 6.02. The van der Waals surface area contributed by atoms with E-state index >= 15 is 0 Å². The number of benzene rings is 2. The van der Waals surface area contributed by atoms with Gasteiger partial charge in [0.2, 0.25) is 0 Å². The van der Waals surface area contributed by atoms with Crippen LogP contribution >= 0.6 is 0 Å². The van der Waals surface area contributed by atoms with Crippen LogP contribution in [-0.2, 0) is 4.79 Å². The third kappa shape index (κ3) is 6.58. The minimum Gasteiger partial charge on any atom is -0.481 e. The van der Waals surface area contributed by atoms with Crippen LogP contribution in [0.25, 0.3) is 0 Å². The van der Waals surface area contributed by atoms with E-state index in [9.17, 15) is 19.8 Å². The first-order chi connectivity index (χ1) is 17.0. The molecule has 2 aromatic rings. The zero-order valence-corrected chi connectivity index (χ0v) is 22.0. The fourth-order valence-electron chi connectivity index (χ4n) is 5.51. The molecule has 2 atom stereocenters. The fourth-order valence-corrected chi connectivity index (χ4v) is 5.51. The predicted octanol–water partition coefficient (Wildman–Crippen LogP) is 6.31. The van der Waals surface area contributed by atoms with Crippen molar-refractivity contribution in [2.24, 2.45) is 11.7 Å². The van der Waals surface area contributed by atoms with Crippen LogP contribution in [0.5, 0.6) is 0 Å². The van der Waals surface area contributed by atoms with Crippen molar-refractivity contribution < 1.29 is 19.8 Å². The minimum atomic E-state index is -0.993. The van der Waals surface area contributed by atoms with Gasteiger partial charge in [-0.05, 0) is 81.2 Å². The number of primary amides is 1. The SMILES string of the molecule is CC[C@@H](CC(=O)O)c1ccc(N[C@@H](C2CCCCC2)C(C)(C)O)c(N(C(N)=O)c2ccccc2C)c1. The minimum absolute atomic E-state index is 0.00196. The van der Waals surface area contributed by atoms with Gasteiger partial charge < -0.3 is 21.3 Å². The monoisotopic (exact) mass is 495 g/mol. The molecule has 0 radical (unpaired) electrons. The van der Waals surface area contributed by atoms with Gasteiger partial charge in [0.1, 0.15) is 0 Å². The molecule has 0 aromatic heterocycles. The fraction of sp³-hybridized carbons (Fsp3) is 0.517. The number of nitrogens with one attached hydrogen (secondary N) is 1. The van der Waals surface area contributed by atoms with Gasteiger partial charge in [-0.25, -0.2) is 4.79 Å². The van der Waals surface area contributed by atoms with E-state index < -0.39 is 17.6 Å². The van der Waals surface area contributed by atoms with E-state index in [0.29, 0.717) is 29.4 Å². The van der Waals surface area contributed by atoms with Gasteiger partial charge in [0.15, 0.2) is 0 Å². The number of hydrogen-bond donors (Lipinski definition) is 4. The molecule has 36 heavy (non-hydrogen) atoms. The Balaban J connectivity index is 2.15. The van der Waals surface area contributed by atoms with Crippen molar-refractivity contribution in [3.05, 3.63) is 53.6 Å². The number of para-hydroxylation sites is 1. The number of amides is 2. The standard InChI is InChI=1S/C29H41N3O4/c1-5-20(18-26(33)34)22-15-16-23(31-27(29(3,4)36)21-12-7-6-8-13-21)25(17-22)32(28(30)35)24-14-10-9-11-19(24)2/h9-11,14-17,20-21,27,31,36H,5-8,12-13,18H2,1-4H3,(H2,30,35)(H,33,34)/t20-,27-/m0/s1. The molecule has 0 heterocycles. The van der Waals surface area contributed by atoms with Crippen molar-refractivity contribution in [3.63, 3.8) is 0 Å². The molecule has 0 spiro atoms. The molecular weight excluding hydrogens is 454 g/mol. The van der Waals surface area contributed by atoms with Gasteiger partial charge in [-0.1, -0.05) is 50.5 Å². The van der Waals surface area contributed by atoms with Crippen LogP contribution in [0.4, 0.5) is 21.9 Å². The van der Waals surface area contributed by atoms with Crippen LogP contribution < -0.4 is 16.0 Å². The molecule has 2 aromatic carbocycles. The number of carboxylic acids is 1. The Morgan fingerprint density at radius 1 is 1.11 bits per heavy atom. The summed E-state index contributed by atoms with van der Waals surface area (Å²) in [4.78, 5) is 25.9. The number of carboxylic acid groups (broad SMARTS) is 1. The quantitative estimate of drug-likeness (QED) is 0.308. The van der Waals surface area contributed by atoms with Crippen LogP contribution in [0, 0.1) is 12.8 Å². The first kappa shape index (κ1) is 27.5. The molecule has 2 amide bonds. The van der Waals surface area contributed by atoms with Crippen molar-refractivity contribution in [3.8, 4) is 0 Å². The number of nitrogens with two attached hydrogens (primary N) is 1. The van der Waals surface area contributed by atoms with Crippen molar-refractivity contribution in [2.45, 2.75) is 90.2 Å². The molecule has 0 aliphatic heterocycles. The summed E-state index contributed by atoms with van der Waals surface area (Å²) < 4.78 is 0. The van der Waals surface area contributed by atoms with Gasteiger partial charge >= 0.3 is 12.0 Å². The Morgan fingerprint density at radius 2 is 1.78 bits per heavy atom. The van der Waals surface area contributed by atoms with E-state index in [1.54, 1.807) is 0 Å². The van der Waals surface area contributed by atoms with Crippen molar-refractivity contribution in [1.82, 2.24) is 0 Å². The Hall–Kier alpha value is -3.06. The third-order valence-corrected chi connectivity index (χ3v) is 7.42. The lowest BCUT2D eigenvalue weighted by molar-refractivity contribution is -0.137. The van der Waals surface area contributed by atoms with Gasteiger partial charge in [0, 0.05) is 0 Å². The molecule has 1 fully saturated rings. The summed E-state index contributed by atoms with van der Waals surface area (Å²) in [6, 6.07) is 12.4. The summed E-state index contributed by atoms with van der Waals surface area (Å²) in [5, 5.41) is 24.2. The van der Waals surface area contributed by atoms with Crippen LogP contribution in [0.3, 0.4) is 0 Å². The highest BCUT2D eigenvalue weighted by Crippen LogP contribution is 2.40. The number of urea groups is 1. The Bertz CT molecular complexity index is 1060. The number of aliphatic hydroxyl groups is 1. The molecule has 1 aliphatic carbocycles. The zero-order valence-electron chi connectivity index (χ0n) is 22.0. The second-order valence-electron chi connectivity index (χ2n) is 10.6. The lowest BCUT2D eigenvalue weighted by atomic mass is 9.77. The lowest BCUT2D eigenvalue weighted by Crippen LogP contribution is -2.48. The van der Waals surface area contributed by atoms with Gasteiger partial charge in [-0.2, -0.15) is 0 Å². The molecule has 196 valence electrons. The summed E-state index contributed by atoms with van der Waals surface area (Å²) in [5.74, 6) is -0.775. The summed E-state index contributed by atoms with van der Waals surface area (Å²) in [7, 11) is 0. The van der Waals surface area contributed by atoms with E-state index in [1.807, 2.05) is 70.2 Å². The maximum Gasteiger partial charge on any atom is 0.323 e. The van der Waals surface area contributed by atoms with E-state index in [1.165, 1.54) is 11.3 Å². The second-order valence-corrected chi connectivity index (χ2v) is 10.6. The average molecular weight is 496 g/mol. The van der Waals surface area contributed by atoms with Crippen LogP contribution in [-0.4, -0.2) is 33.9 Å². The first-order valence-corrected chi connectivity index (χ1v) is 13.0. The van der Waals surface area contributed by atoms with Crippen LogP contribution in [0.1, 0.15) is 82.8 Å². The molecule has 1 aliphatic rings.